The maximum atomic E-state index is 14.3. The second-order valence-corrected chi connectivity index (χ2v) is 8.80. The van der Waals surface area contributed by atoms with Crippen LogP contribution in [0.5, 0.6) is 5.75 Å². The van der Waals surface area contributed by atoms with Gasteiger partial charge in [-0.05, 0) is 60.0 Å². The van der Waals surface area contributed by atoms with E-state index in [-0.39, 0.29) is 11.9 Å². The van der Waals surface area contributed by atoms with E-state index in [4.69, 9.17) is 4.74 Å². The molecule has 0 spiro atoms. The summed E-state index contributed by atoms with van der Waals surface area (Å²) in [4.78, 5) is 4.55. The number of ether oxygens (including phenoxy) is 1. The Morgan fingerprint density at radius 1 is 1.00 bits per heavy atom. The number of hydrogen-bond donors (Lipinski definition) is 0. The summed E-state index contributed by atoms with van der Waals surface area (Å²) < 4.78 is 22.1. The van der Waals surface area contributed by atoms with E-state index in [1.54, 1.807) is 6.07 Å². The van der Waals surface area contributed by atoms with Crippen LogP contribution in [-0.2, 0) is 0 Å². The van der Waals surface area contributed by atoms with Crippen LogP contribution >= 0.6 is 0 Å². The lowest BCUT2D eigenvalue weighted by Gasteiger charge is -2.40. The van der Waals surface area contributed by atoms with E-state index in [9.17, 15) is 4.39 Å². The van der Waals surface area contributed by atoms with Crippen molar-refractivity contribution in [2.45, 2.75) is 44.7 Å². The fourth-order valence-electron chi connectivity index (χ4n) is 5.15. The molecule has 2 aliphatic rings. The first kappa shape index (κ1) is 21.8. The van der Waals surface area contributed by atoms with Crippen molar-refractivity contribution in [2.24, 2.45) is 0 Å². The summed E-state index contributed by atoms with van der Waals surface area (Å²) in [7, 11) is 0. The van der Waals surface area contributed by atoms with Crippen LogP contribution in [-0.4, -0.2) is 57.9 Å². The minimum absolute atomic E-state index is 0.0564. The van der Waals surface area contributed by atoms with Gasteiger partial charge in [-0.3, -0.25) is 4.90 Å². The zero-order chi connectivity index (χ0) is 22.6. The normalized spacial score (nSPS) is 18.5. The van der Waals surface area contributed by atoms with Gasteiger partial charge in [0.25, 0.3) is 0 Å². The quantitative estimate of drug-likeness (QED) is 0.537. The largest absolute Gasteiger partial charge is 0.494 e. The van der Waals surface area contributed by atoms with Crippen molar-refractivity contribution >= 4 is 5.69 Å². The van der Waals surface area contributed by atoms with E-state index in [0.29, 0.717) is 18.3 Å². The van der Waals surface area contributed by atoms with Crippen molar-refractivity contribution in [3.05, 3.63) is 65.7 Å². The number of benzene rings is 2. The second kappa shape index (κ2) is 9.87. The number of tetrazole rings is 1. The highest BCUT2D eigenvalue weighted by Gasteiger charge is 2.33. The van der Waals surface area contributed by atoms with E-state index < -0.39 is 0 Å². The number of halogens is 1. The minimum Gasteiger partial charge on any atom is -0.494 e. The Bertz CT molecular complexity index is 1040. The van der Waals surface area contributed by atoms with Crippen molar-refractivity contribution in [3.63, 3.8) is 0 Å². The van der Waals surface area contributed by atoms with E-state index in [1.807, 2.05) is 31.2 Å². The number of anilines is 1. The Balaban J connectivity index is 1.43. The molecule has 0 N–H and O–H groups in total. The number of hydrogen-bond acceptors (Lipinski definition) is 6. The average Bonchev–Trinajstić information content (AvgIpc) is 3.54. The van der Waals surface area contributed by atoms with Gasteiger partial charge in [0.15, 0.2) is 5.82 Å². The van der Waals surface area contributed by atoms with Crippen LogP contribution in [0, 0.1) is 5.82 Å². The number of para-hydroxylation sites is 1. The molecule has 2 aromatic carbocycles. The number of aromatic nitrogens is 4. The molecule has 2 fully saturated rings. The van der Waals surface area contributed by atoms with Crippen molar-refractivity contribution in [1.82, 2.24) is 25.1 Å². The van der Waals surface area contributed by atoms with Gasteiger partial charge in [-0.1, -0.05) is 37.1 Å². The number of nitrogens with zero attached hydrogens (tertiary/aromatic N) is 6. The molecule has 0 unspecified atom stereocenters. The monoisotopic (exact) mass is 450 g/mol. The molecule has 0 radical (unpaired) electrons. The Hall–Kier alpha value is -3.00. The van der Waals surface area contributed by atoms with Gasteiger partial charge in [-0.15, -0.1) is 5.10 Å². The molecule has 1 aliphatic carbocycles. The molecule has 1 aromatic heterocycles. The Morgan fingerprint density at radius 3 is 2.42 bits per heavy atom. The lowest BCUT2D eigenvalue weighted by atomic mass is 10.0. The van der Waals surface area contributed by atoms with Crippen LogP contribution in [0.15, 0.2) is 48.5 Å². The Morgan fingerprint density at radius 2 is 1.73 bits per heavy atom. The van der Waals surface area contributed by atoms with Crippen LogP contribution in [0.25, 0.3) is 0 Å². The molecule has 1 atom stereocenters. The molecule has 8 heteroatoms. The number of piperazine rings is 1. The first-order valence-corrected chi connectivity index (χ1v) is 12.0. The van der Waals surface area contributed by atoms with E-state index in [1.165, 1.54) is 18.9 Å². The van der Waals surface area contributed by atoms with E-state index >= 15 is 0 Å². The van der Waals surface area contributed by atoms with E-state index in [2.05, 4.69) is 42.1 Å². The van der Waals surface area contributed by atoms with Crippen LogP contribution in [0.3, 0.4) is 0 Å². The second-order valence-electron chi connectivity index (χ2n) is 8.80. The van der Waals surface area contributed by atoms with Gasteiger partial charge in [-0.2, -0.15) is 0 Å². The summed E-state index contributed by atoms with van der Waals surface area (Å²) in [6.07, 6.45) is 4.68. The highest BCUT2D eigenvalue weighted by Crippen LogP contribution is 2.35. The molecule has 5 rings (SSSR count). The average molecular weight is 451 g/mol. The van der Waals surface area contributed by atoms with E-state index in [0.717, 1.165) is 56.2 Å². The molecule has 0 bridgehead atoms. The van der Waals surface area contributed by atoms with Gasteiger partial charge in [0.05, 0.1) is 24.4 Å². The third kappa shape index (κ3) is 4.57. The van der Waals surface area contributed by atoms with Gasteiger partial charge >= 0.3 is 0 Å². The van der Waals surface area contributed by atoms with Crippen molar-refractivity contribution in [3.8, 4) is 5.75 Å². The molecule has 1 aliphatic heterocycles. The SMILES string of the molecule is CCOc1ccc([C@@H](c2nnnn2C2CCCC2)N2CCN(c3ccccc3F)CC2)cc1. The zero-order valence-electron chi connectivity index (χ0n) is 19.1. The van der Waals surface area contributed by atoms with Gasteiger partial charge in [-0.25, -0.2) is 9.07 Å². The van der Waals surface area contributed by atoms with Gasteiger partial charge in [0.2, 0.25) is 0 Å². The summed E-state index contributed by atoms with van der Waals surface area (Å²) in [6, 6.07) is 15.6. The van der Waals surface area contributed by atoms with Gasteiger partial charge in [0.1, 0.15) is 11.6 Å². The van der Waals surface area contributed by atoms with Crippen molar-refractivity contribution < 1.29 is 9.13 Å². The molecule has 0 amide bonds. The number of rotatable bonds is 7. The third-order valence-electron chi connectivity index (χ3n) is 6.81. The first-order valence-electron chi connectivity index (χ1n) is 12.0. The van der Waals surface area contributed by atoms with Crippen LogP contribution in [0.1, 0.15) is 56.1 Å². The Labute approximate surface area is 194 Å². The van der Waals surface area contributed by atoms with Gasteiger partial charge < -0.3 is 9.64 Å². The fraction of sp³-hybridized carbons (Fsp3) is 0.480. The Kier molecular flexibility index (Phi) is 6.53. The molecule has 7 nitrogen and oxygen atoms in total. The smallest absolute Gasteiger partial charge is 0.173 e. The van der Waals surface area contributed by atoms with Crippen molar-refractivity contribution in [2.75, 3.05) is 37.7 Å². The third-order valence-corrected chi connectivity index (χ3v) is 6.81. The van der Waals surface area contributed by atoms with Gasteiger partial charge in [0, 0.05) is 26.2 Å². The summed E-state index contributed by atoms with van der Waals surface area (Å²) in [6.45, 7) is 5.72. The minimum atomic E-state index is -0.167. The fourth-order valence-corrected chi connectivity index (χ4v) is 5.15. The maximum absolute atomic E-state index is 14.3. The van der Waals surface area contributed by atoms with Crippen LogP contribution in [0.4, 0.5) is 10.1 Å². The molecule has 1 saturated carbocycles. The summed E-state index contributed by atoms with van der Waals surface area (Å²) in [5, 5.41) is 13.0. The maximum Gasteiger partial charge on any atom is 0.173 e. The lowest BCUT2D eigenvalue weighted by Crippen LogP contribution is -2.48. The zero-order valence-corrected chi connectivity index (χ0v) is 19.1. The van der Waals surface area contributed by atoms with Crippen molar-refractivity contribution in [1.29, 1.82) is 0 Å². The predicted octanol–water partition coefficient (Wildman–Crippen LogP) is 4.24. The topological polar surface area (TPSA) is 59.3 Å². The summed E-state index contributed by atoms with van der Waals surface area (Å²) >= 11 is 0. The molecule has 174 valence electrons. The van der Waals surface area contributed by atoms with Crippen LogP contribution in [0.2, 0.25) is 0 Å². The standard InChI is InChI=1S/C25H31FN6O/c1-2-33-21-13-11-19(12-14-21)24(25-27-28-29-32(25)20-7-3-4-8-20)31-17-15-30(16-18-31)23-10-6-5-9-22(23)26/h5-6,9-14,20,24H,2-4,7-8,15-18H2,1H3/t24-/m0/s1. The summed E-state index contributed by atoms with van der Waals surface area (Å²) in [5.41, 5.74) is 1.82. The highest BCUT2D eigenvalue weighted by molar-refractivity contribution is 5.48. The molecular formula is C25H31FN6O. The lowest BCUT2D eigenvalue weighted by molar-refractivity contribution is 0.197. The van der Waals surface area contributed by atoms with Crippen LogP contribution < -0.4 is 9.64 Å². The summed E-state index contributed by atoms with van der Waals surface area (Å²) in [5.74, 6) is 1.59. The molecule has 1 saturated heterocycles. The molecular weight excluding hydrogens is 419 g/mol. The first-order chi connectivity index (χ1) is 16.2. The molecule has 2 heterocycles. The predicted molar refractivity (Wildman–Crippen MR) is 125 cm³/mol. The molecule has 3 aromatic rings. The molecule has 33 heavy (non-hydrogen) atoms. The highest BCUT2D eigenvalue weighted by atomic mass is 19.1.